The minimum Gasteiger partial charge on any atom is -0.487 e. The number of nitrogens with one attached hydrogen (secondary N) is 1. The topological polar surface area (TPSA) is 84.4 Å². The van der Waals surface area contributed by atoms with Crippen LogP contribution in [0.4, 0.5) is 0 Å². The van der Waals surface area contributed by atoms with Crippen molar-refractivity contribution in [1.82, 2.24) is 20.4 Å². The predicted octanol–water partition coefficient (Wildman–Crippen LogP) is 2.69. The molecule has 0 bridgehead atoms. The first-order valence-corrected chi connectivity index (χ1v) is 10.8. The smallest absolute Gasteiger partial charge is 0.255 e. The van der Waals surface area contributed by atoms with Gasteiger partial charge in [0.15, 0.2) is 0 Å². The highest BCUT2D eigenvalue weighted by Gasteiger charge is 2.44. The number of fused-ring (bicyclic) bond motifs is 1. The lowest BCUT2D eigenvalue weighted by Crippen LogP contribution is -2.52. The molecule has 2 amide bonds. The number of ether oxygens (including phenoxy) is 1. The van der Waals surface area contributed by atoms with Crippen molar-refractivity contribution in [1.29, 1.82) is 0 Å². The lowest BCUT2D eigenvalue weighted by molar-refractivity contribution is -0.122. The molecule has 1 N–H and O–H groups in total. The van der Waals surface area contributed by atoms with Gasteiger partial charge in [0.1, 0.15) is 11.4 Å². The van der Waals surface area contributed by atoms with Gasteiger partial charge in [-0.2, -0.15) is 10.2 Å². The zero-order chi connectivity index (χ0) is 20.6. The number of benzene rings is 1. The summed E-state index contributed by atoms with van der Waals surface area (Å²) in [6, 6.07) is 10.1. The number of likely N-dealkylation sites (tertiary alicyclic amines) is 1. The second-order valence-electron chi connectivity index (χ2n) is 8.69. The van der Waals surface area contributed by atoms with E-state index in [0.29, 0.717) is 31.1 Å². The van der Waals surface area contributed by atoms with Crippen molar-refractivity contribution in [3.05, 3.63) is 53.9 Å². The zero-order valence-corrected chi connectivity index (χ0v) is 16.9. The summed E-state index contributed by atoms with van der Waals surface area (Å²) < 4.78 is 6.51. The fourth-order valence-electron chi connectivity index (χ4n) is 4.69. The van der Waals surface area contributed by atoms with E-state index in [1.54, 1.807) is 6.07 Å². The van der Waals surface area contributed by atoms with E-state index in [1.165, 1.54) is 12.4 Å². The van der Waals surface area contributed by atoms with Crippen LogP contribution in [0.1, 0.15) is 60.4 Å². The molecule has 30 heavy (non-hydrogen) atoms. The normalized spacial score (nSPS) is 22.1. The molecule has 2 aromatic rings. The zero-order valence-electron chi connectivity index (χ0n) is 16.9. The molecule has 1 unspecified atom stereocenters. The second kappa shape index (κ2) is 7.70. The maximum atomic E-state index is 12.8. The molecule has 1 aromatic carbocycles. The minimum absolute atomic E-state index is 0.0173. The largest absolute Gasteiger partial charge is 0.487 e. The third kappa shape index (κ3) is 3.88. The Kier molecular flexibility index (Phi) is 4.89. The number of hydrogen-bond acceptors (Lipinski definition) is 5. The van der Waals surface area contributed by atoms with Crippen LogP contribution in [0.5, 0.6) is 5.75 Å². The van der Waals surface area contributed by atoms with Gasteiger partial charge >= 0.3 is 0 Å². The summed E-state index contributed by atoms with van der Waals surface area (Å²) in [6.45, 7) is 1.26. The first kappa shape index (κ1) is 19.0. The van der Waals surface area contributed by atoms with E-state index >= 15 is 0 Å². The molecule has 1 aromatic heterocycles. The number of hydrogen-bond donors (Lipinski definition) is 1. The third-order valence-corrected chi connectivity index (χ3v) is 6.47. The lowest BCUT2D eigenvalue weighted by atomic mass is 9.76. The predicted molar refractivity (Wildman–Crippen MR) is 110 cm³/mol. The van der Waals surface area contributed by atoms with Gasteiger partial charge in [-0.05, 0) is 37.0 Å². The molecular weight excluding hydrogens is 380 g/mol. The van der Waals surface area contributed by atoms with Gasteiger partial charge in [0, 0.05) is 44.3 Å². The van der Waals surface area contributed by atoms with Gasteiger partial charge in [-0.3, -0.25) is 9.59 Å². The highest BCUT2D eigenvalue weighted by atomic mass is 16.5. The molecule has 156 valence electrons. The Hall–Kier alpha value is -2.96. The van der Waals surface area contributed by atoms with Crippen LogP contribution in [-0.4, -0.2) is 51.6 Å². The van der Waals surface area contributed by atoms with Crippen molar-refractivity contribution in [3.8, 4) is 5.75 Å². The average molecular weight is 406 g/mol. The highest BCUT2D eigenvalue weighted by Crippen LogP contribution is 2.46. The van der Waals surface area contributed by atoms with Gasteiger partial charge in [0.2, 0.25) is 5.91 Å². The van der Waals surface area contributed by atoms with E-state index in [2.05, 4.69) is 21.6 Å². The Morgan fingerprint density at radius 2 is 1.93 bits per heavy atom. The fraction of sp³-hybridized carbons (Fsp3) is 0.478. The summed E-state index contributed by atoms with van der Waals surface area (Å²) in [4.78, 5) is 27.1. The van der Waals surface area contributed by atoms with Crippen LogP contribution in [0.3, 0.4) is 0 Å². The SMILES string of the molecule is O=C(CC1CC2(CCN(C(=O)c3ccnnc3)CC2)Oc2ccccc21)NC1CC1. The quantitative estimate of drug-likeness (QED) is 0.844. The van der Waals surface area contributed by atoms with Crippen molar-refractivity contribution in [3.63, 3.8) is 0 Å². The van der Waals surface area contributed by atoms with Crippen LogP contribution in [0.25, 0.3) is 0 Å². The Labute approximate surface area is 175 Å². The molecule has 1 saturated carbocycles. The molecule has 0 radical (unpaired) electrons. The van der Waals surface area contributed by atoms with Crippen LogP contribution in [0.2, 0.25) is 0 Å². The monoisotopic (exact) mass is 406 g/mol. The van der Waals surface area contributed by atoms with E-state index in [0.717, 1.165) is 43.4 Å². The standard InChI is InChI=1S/C23H26N4O3/c28-21(26-18-5-6-18)13-17-14-23(30-20-4-2-1-3-19(17)20)8-11-27(12-9-23)22(29)16-7-10-24-25-15-16/h1-4,7,10,15,17-18H,5-6,8-9,11-14H2,(H,26,28). The molecule has 7 nitrogen and oxygen atoms in total. The molecule has 2 aliphatic heterocycles. The van der Waals surface area contributed by atoms with Crippen molar-refractivity contribution in [2.45, 2.75) is 56.1 Å². The summed E-state index contributed by atoms with van der Waals surface area (Å²) in [6.07, 6.45) is 8.04. The molecule has 3 aliphatic rings. The van der Waals surface area contributed by atoms with Crippen LogP contribution in [0.15, 0.2) is 42.7 Å². The number of carbonyl (C=O) groups excluding carboxylic acids is 2. The average Bonchev–Trinajstić information content (AvgIpc) is 3.58. The number of para-hydroxylation sites is 1. The van der Waals surface area contributed by atoms with Crippen molar-refractivity contribution in [2.24, 2.45) is 0 Å². The van der Waals surface area contributed by atoms with E-state index in [4.69, 9.17) is 4.74 Å². The molecular formula is C23H26N4O3. The van der Waals surface area contributed by atoms with Gasteiger partial charge in [0.05, 0.1) is 18.0 Å². The van der Waals surface area contributed by atoms with Gasteiger partial charge in [-0.15, -0.1) is 0 Å². The molecule has 2 fully saturated rings. The fourth-order valence-corrected chi connectivity index (χ4v) is 4.69. The van der Waals surface area contributed by atoms with Crippen molar-refractivity contribution in [2.75, 3.05) is 13.1 Å². The summed E-state index contributed by atoms with van der Waals surface area (Å²) in [7, 11) is 0. The van der Waals surface area contributed by atoms with E-state index in [-0.39, 0.29) is 23.3 Å². The maximum absolute atomic E-state index is 12.8. The molecule has 3 heterocycles. The van der Waals surface area contributed by atoms with Gasteiger partial charge in [-0.1, -0.05) is 18.2 Å². The van der Waals surface area contributed by atoms with Crippen LogP contribution in [-0.2, 0) is 4.79 Å². The van der Waals surface area contributed by atoms with E-state index in [1.807, 2.05) is 23.1 Å². The first-order chi connectivity index (χ1) is 14.6. The maximum Gasteiger partial charge on any atom is 0.255 e. The summed E-state index contributed by atoms with van der Waals surface area (Å²) in [5.41, 5.74) is 1.35. The molecule has 5 rings (SSSR count). The molecule has 1 saturated heterocycles. The molecule has 1 atom stereocenters. The minimum atomic E-state index is -0.327. The number of amides is 2. The van der Waals surface area contributed by atoms with Gasteiger partial charge in [0.25, 0.3) is 5.91 Å². The number of rotatable bonds is 4. The number of aromatic nitrogens is 2. The highest BCUT2D eigenvalue weighted by molar-refractivity contribution is 5.93. The van der Waals surface area contributed by atoms with Crippen LogP contribution >= 0.6 is 0 Å². The molecule has 1 spiro atoms. The third-order valence-electron chi connectivity index (χ3n) is 6.47. The Balaban J connectivity index is 1.30. The van der Waals surface area contributed by atoms with Crippen LogP contribution in [0, 0.1) is 0 Å². The van der Waals surface area contributed by atoms with E-state index < -0.39 is 0 Å². The van der Waals surface area contributed by atoms with Crippen molar-refractivity contribution >= 4 is 11.8 Å². The summed E-state index contributed by atoms with van der Waals surface area (Å²) >= 11 is 0. The Morgan fingerprint density at radius 1 is 1.13 bits per heavy atom. The number of nitrogens with zero attached hydrogens (tertiary/aromatic N) is 3. The van der Waals surface area contributed by atoms with Crippen molar-refractivity contribution < 1.29 is 14.3 Å². The van der Waals surface area contributed by atoms with Crippen LogP contribution < -0.4 is 10.1 Å². The van der Waals surface area contributed by atoms with Gasteiger partial charge in [-0.25, -0.2) is 0 Å². The number of piperidine rings is 1. The molecule has 1 aliphatic carbocycles. The molecule has 7 heteroatoms. The van der Waals surface area contributed by atoms with Gasteiger partial charge < -0.3 is 15.0 Å². The lowest BCUT2D eigenvalue weighted by Gasteiger charge is -2.47. The number of carbonyl (C=O) groups is 2. The first-order valence-electron chi connectivity index (χ1n) is 10.8. The van der Waals surface area contributed by atoms with E-state index in [9.17, 15) is 9.59 Å². The Bertz CT molecular complexity index is 936. The second-order valence-corrected chi connectivity index (χ2v) is 8.69. The summed E-state index contributed by atoms with van der Waals surface area (Å²) in [5, 5.41) is 10.7. The summed E-state index contributed by atoms with van der Waals surface area (Å²) in [5.74, 6) is 1.13. The Morgan fingerprint density at radius 3 is 2.67 bits per heavy atom.